The van der Waals surface area contributed by atoms with Crippen molar-refractivity contribution in [2.45, 2.75) is 13.0 Å². The van der Waals surface area contributed by atoms with E-state index >= 15 is 0 Å². The van der Waals surface area contributed by atoms with E-state index in [0.29, 0.717) is 11.1 Å². The Morgan fingerprint density at radius 3 is 2.72 bits per heavy atom. The Labute approximate surface area is 114 Å². The summed E-state index contributed by atoms with van der Waals surface area (Å²) < 4.78 is 16.8. The van der Waals surface area contributed by atoms with Crippen LogP contribution >= 0.6 is 15.9 Å². The lowest BCUT2D eigenvalue weighted by Crippen LogP contribution is -2.22. The number of benzene rings is 1. The molecule has 1 aromatic heterocycles. The number of halogens is 2. The van der Waals surface area contributed by atoms with Gasteiger partial charge in [-0.05, 0) is 35.5 Å². The van der Waals surface area contributed by atoms with Gasteiger partial charge in [0.05, 0.1) is 22.4 Å². The van der Waals surface area contributed by atoms with Gasteiger partial charge in [0, 0.05) is 12.6 Å². The molecule has 2 aromatic rings. The standard InChI is InChI=1S/C13H15BrFN3/c1-8-5-4-6-9(11(8)15)12(16-2)13-10(14)7-17-18(13)3/h4-7,12,16H,1-3H3. The van der Waals surface area contributed by atoms with Crippen molar-refractivity contribution in [1.82, 2.24) is 15.1 Å². The van der Waals surface area contributed by atoms with Crippen LogP contribution in [0.2, 0.25) is 0 Å². The number of rotatable bonds is 3. The molecule has 0 radical (unpaired) electrons. The van der Waals surface area contributed by atoms with E-state index in [1.165, 1.54) is 0 Å². The quantitative estimate of drug-likeness (QED) is 0.944. The van der Waals surface area contributed by atoms with Gasteiger partial charge in [-0.25, -0.2) is 4.39 Å². The molecule has 1 atom stereocenters. The summed E-state index contributed by atoms with van der Waals surface area (Å²) in [5, 5.41) is 7.31. The minimum atomic E-state index is -0.230. The fourth-order valence-electron chi connectivity index (χ4n) is 2.08. The Kier molecular flexibility index (Phi) is 3.82. The highest BCUT2D eigenvalue weighted by Crippen LogP contribution is 2.30. The molecular weight excluding hydrogens is 297 g/mol. The summed E-state index contributed by atoms with van der Waals surface area (Å²) in [6, 6.07) is 5.20. The second-order valence-electron chi connectivity index (χ2n) is 4.20. The number of hydrogen-bond donors (Lipinski definition) is 1. The summed E-state index contributed by atoms with van der Waals surface area (Å²) in [6.07, 6.45) is 1.72. The van der Waals surface area contributed by atoms with E-state index in [1.807, 2.05) is 20.2 Å². The van der Waals surface area contributed by atoms with Gasteiger partial charge in [0.25, 0.3) is 0 Å². The van der Waals surface area contributed by atoms with Gasteiger partial charge >= 0.3 is 0 Å². The lowest BCUT2D eigenvalue weighted by Gasteiger charge is -2.19. The normalized spacial score (nSPS) is 12.7. The smallest absolute Gasteiger partial charge is 0.131 e. The van der Waals surface area contributed by atoms with Gasteiger partial charge in [0.2, 0.25) is 0 Å². The van der Waals surface area contributed by atoms with Crippen LogP contribution in [-0.2, 0) is 7.05 Å². The highest BCUT2D eigenvalue weighted by Gasteiger charge is 2.22. The first kappa shape index (κ1) is 13.2. The Bertz CT molecular complexity index is 546. The maximum atomic E-state index is 14.2. The third-order valence-electron chi connectivity index (χ3n) is 3.03. The second kappa shape index (κ2) is 5.20. The molecule has 18 heavy (non-hydrogen) atoms. The maximum Gasteiger partial charge on any atom is 0.131 e. The molecule has 1 N–H and O–H groups in total. The molecule has 3 nitrogen and oxygen atoms in total. The number of aromatic nitrogens is 2. The van der Waals surface area contributed by atoms with E-state index < -0.39 is 0 Å². The van der Waals surface area contributed by atoms with Crippen LogP contribution in [0.25, 0.3) is 0 Å². The molecule has 0 aliphatic rings. The average Bonchev–Trinajstić information content (AvgIpc) is 2.67. The average molecular weight is 312 g/mol. The highest BCUT2D eigenvalue weighted by atomic mass is 79.9. The minimum Gasteiger partial charge on any atom is -0.308 e. The molecule has 2 rings (SSSR count). The number of nitrogens with one attached hydrogen (secondary N) is 1. The Hall–Kier alpha value is -1.20. The topological polar surface area (TPSA) is 29.9 Å². The summed E-state index contributed by atoms with van der Waals surface area (Å²) in [5.74, 6) is -0.176. The van der Waals surface area contributed by atoms with E-state index in [1.54, 1.807) is 29.9 Å². The van der Waals surface area contributed by atoms with Crippen LogP contribution in [0.5, 0.6) is 0 Å². The van der Waals surface area contributed by atoms with Gasteiger partial charge in [-0.3, -0.25) is 4.68 Å². The molecule has 5 heteroatoms. The van der Waals surface area contributed by atoms with Crippen LogP contribution in [0.4, 0.5) is 4.39 Å². The van der Waals surface area contributed by atoms with Gasteiger partial charge < -0.3 is 5.32 Å². The Morgan fingerprint density at radius 2 is 2.17 bits per heavy atom. The number of aryl methyl sites for hydroxylation is 2. The zero-order valence-electron chi connectivity index (χ0n) is 10.5. The summed E-state index contributed by atoms with van der Waals surface area (Å²) in [6.45, 7) is 1.77. The third kappa shape index (κ3) is 2.20. The molecule has 1 aromatic carbocycles. The van der Waals surface area contributed by atoms with Crippen molar-refractivity contribution in [1.29, 1.82) is 0 Å². The molecule has 1 unspecified atom stereocenters. The van der Waals surface area contributed by atoms with Crippen molar-refractivity contribution < 1.29 is 4.39 Å². The first-order valence-corrected chi connectivity index (χ1v) is 6.45. The lowest BCUT2D eigenvalue weighted by molar-refractivity contribution is 0.546. The first-order valence-electron chi connectivity index (χ1n) is 5.66. The van der Waals surface area contributed by atoms with Gasteiger partial charge in [-0.15, -0.1) is 0 Å². The summed E-state index contributed by atoms with van der Waals surface area (Å²) in [7, 11) is 3.66. The molecular formula is C13H15BrFN3. The SMILES string of the molecule is CNC(c1cccc(C)c1F)c1c(Br)cnn1C. The molecule has 0 saturated heterocycles. The van der Waals surface area contributed by atoms with Crippen LogP contribution in [-0.4, -0.2) is 16.8 Å². The van der Waals surface area contributed by atoms with E-state index in [0.717, 1.165) is 10.2 Å². The second-order valence-corrected chi connectivity index (χ2v) is 5.06. The van der Waals surface area contributed by atoms with Crippen molar-refractivity contribution in [3.63, 3.8) is 0 Å². The molecule has 0 saturated carbocycles. The summed E-state index contributed by atoms with van der Waals surface area (Å²) in [5.41, 5.74) is 2.18. The van der Waals surface area contributed by atoms with Crippen LogP contribution in [0.1, 0.15) is 22.9 Å². The first-order chi connectivity index (χ1) is 8.56. The highest BCUT2D eigenvalue weighted by molar-refractivity contribution is 9.10. The summed E-state index contributed by atoms with van der Waals surface area (Å²) in [4.78, 5) is 0. The molecule has 0 aliphatic carbocycles. The molecule has 96 valence electrons. The van der Waals surface area contributed by atoms with Gasteiger partial charge in [-0.2, -0.15) is 5.10 Å². The predicted octanol–water partition coefficient (Wildman–Crippen LogP) is 2.94. The van der Waals surface area contributed by atoms with E-state index in [-0.39, 0.29) is 11.9 Å². The molecule has 0 spiro atoms. The zero-order valence-corrected chi connectivity index (χ0v) is 12.1. The van der Waals surface area contributed by atoms with Crippen LogP contribution in [0, 0.1) is 12.7 Å². The van der Waals surface area contributed by atoms with E-state index in [9.17, 15) is 4.39 Å². The van der Waals surface area contributed by atoms with Crippen molar-refractivity contribution in [3.8, 4) is 0 Å². The Morgan fingerprint density at radius 1 is 1.44 bits per heavy atom. The fraction of sp³-hybridized carbons (Fsp3) is 0.308. The van der Waals surface area contributed by atoms with Gasteiger partial charge in [0.15, 0.2) is 0 Å². The summed E-state index contributed by atoms with van der Waals surface area (Å²) >= 11 is 3.45. The number of hydrogen-bond acceptors (Lipinski definition) is 2. The molecule has 0 amide bonds. The van der Waals surface area contributed by atoms with E-state index in [4.69, 9.17) is 0 Å². The predicted molar refractivity (Wildman–Crippen MR) is 72.9 cm³/mol. The monoisotopic (exact) mass is 311 g/mol. The van der Waals surface area contributed by atoms with Gasteiger partial charge in [0.1, 0.15) is 5.82 Å². The molecule has 0 fully saturated rings. The van der Waals surface area contributed by atoms with Crippen molar-refractivity contribution in [2.75, 3.05) is 7.05 Å². The molecule has 1 heterocycles. The van der Waals surface area contributed by atoms with Crippen molar-refractivity contribution in [2.24, 2.45) is 7.05 Å². The van der Waals surface area contributed by atoms with E-state index in [2.05, 4.69) is 26.3 Å². The molecule has 0 aliphatic heterocycles. The van der Waals surface area contributed by atoms with Crippen LogP contribution in [0.15, 0.2) is 28.9 Å². The van der Waals surface area contributed by atoms with Crippen molar-refractivity contribution in [3.05, 3.63) is 51.5 Å². The maximum absolute atomic E-state index is 14.2. The van der Waals surface area contributed by atoms with Gasteiger partial charge in [-0.1, -0.05) is 18.2 Å². The lowest BCUT2D eigenvalue weighted by atomic mass is 10.0. The molecule has 0 bridgehead atoms. The third-order valence-corrected chi connectivity index (χ3v) is 3.64. The zero-order chi connectivity index (χ0) is 13.3. The largest absolute Gasteiger partial charge is 0.308 e. The minimum absolute atomic E-state index is 0.176. The van der Waals surface area contributed by atoms with Crippen LogP contribution < -0.4 is 5.32 Å². The van der Waals surface area contributed by atoms with Crippen molar-refractivity contribution >= 4 is 15.9 Å². The van der Waals surface area contributed by atoms with Crippen LogP contribution in [0.3, 0.4) is 0 Å². The number of nitrogens with zero attached hydrogens (tertiary/aromatic N) is 2. The fourth-order valence-corrected chi connectivity index (χ4v) is 2.65. The Balaban J connectivity index is 2.56.